The lowest BCUT2D eigenvalue weighted by Crippen LogP contribution is -2.08. The van der Waals surface area contributed by atoms with Crippen molar-refractivity contribution in [2.24, 2.45) is 0 Å². The molecular weight excluding hydrogens is 472 g/mol. The van der Waals surface area contributed by atoms with Crippen LogP contribution in [0.15, 0.2) is 72.9 Å². The summed E-state index contributed by atoms with van der Waals surface area (Å²) in [5.41, 5.74) is 3.38. The van der Waals surface area contributed by atoms with Gasteiger partial charge in [0.25, 0.3) is 0 Å². The molecule has 0 aliphatic carbocycles. The summed E-state index contributed by atoms with van der Waals surface area (Å²) in [5.74, 6) is 1.63. The monoisotopic (exact) mass is 502 g/mol. The van der Waals surface area contributed by atoms with Gasteiger partial charge >= 0.3 is 0 Å². The van der Waals surface area contributed by atoms with Crippen LogP contribution in [0.4, 0.5) is 11.4 Å². The molecule has 192 valence electrons. The molecule has 2 N–H and O–H groups in total. The molecule has 0 saturated heterocycles. The van der Waals surface area contributed by atoms with Gasteiger partial charge in [0.05, 0.1) is 39.7 Å². The molecule has 0 atom stereocenters. The fraction of sp³-hybridized carbons (Fsp3) is 0.172. The van der Waals surface area contributed by atoms with Crippen LogP contribution >= 0.6 is 0 Å². The zero-order valence-corrected chi connectivity index (χ0v) is 21.5. The fourth-order valence-electron chi connectivity index (χ4n) is 3.46. The third kappa shape index (κ3) is 7.14. The molecule has 8 heteroatoms. The van der Waals surface area contributed by atoms with Gasteiger partial charge in [-0.1, -0.05) is 29.8 Å². The SMILES string of the molecule is COc1cc(OC)c(/C=C/C(=O)Nc2ccc(OC)c(N/C=C/C(=O)c3ccc(C)cc3)c2)c(OC)c1. The molecule has 0 radical (unpaired) electrons. The lowest BCUT2D eigenvalue weighted by Gasteiger charge is -2.13. The Balaban J connectivity index is 1.72. The van der Waals surface area contributed by atoms with E-state index in [2.05, 4.69) is 10.6 Å². The normalized spacial score (nSPS) is 10.8. The number of ketones is 1. The highest BCUT2D eigenvalue weighted by molar-refractivity contribution is 6.05. The number of hydrogen-bond acceptors (Lipinski definition) is 7. The topological polar surface area (TPSA) is 95.1 Å². The lowest BCUT2D eigenvalue weighted by molar-refractivity contribution is -0.111. The largest absolute Gasteiger partial charge is 0.496 e. The number of rotatable bonds is 11. The predicted octanol–water partition coefficient (Wildman–Crippen LogP) is 5.49. The smallest absolute Gasteiger partial charge is 0.248 e. The first-order chi connectivity index (χ1) is 17.9. The van der Waals surface area contributed by atoms with E-state index in [4.69, 9.17) is 18.9 Å². The van der Waals surface area contributed by atoms with Gasteiger partial charge in [-0.3, -0.25) is 9.59 Å². The standard InChI is InChI=1S/C29H30N2O6/c1-19-6-8-20(9-7-19)25(32)14-15-30-24-16-21(10-12-26(24)35-3)31-29(33)13-11-23-27(36-4)17-22(34-2)18-28(23)37-5/h6-18,30H,1-5H3,(H,31,33)/b13-11+,15-14+. The van der Waals surface area contributed by atoms with Crippen molar-refractivity contribution in [2.45, 2.75) is 6.92 Å². The molecule has 3 aromatic carbocycles. The summed E-state index contributed by atoms with van der Waals surface area (Å²) < 4.78 is 21.5. The maximum atomic E-state index is 12.6. The number of methoxy groups -OCH3 is 4. The van der Waals surface area contributed by atoms with Crippen LogP contribution in [0.5, 0.6) is 23.0 Å². The molecule has 0 aromatic heterocycles. The van der Waals surface area contributed by atoms with E-state index in [9.17, 15) is 9.59 Å². The molecule has 0 unspecified atom stereocenters. The van der Waals surface area contributed by atoms with E-state index in [1.54, 1.807) is 55.7 Å². The molecule has 8 nitrogen and oxygen atoms in total. The highest BCUT2D eigenvalue weighted by Gasteiger charge is 2.12. The van der Waals surface area contributed by atoms with Crippen molar-refractivity contribution in [3.05, 3.63) is 89.6 Å². The number of ether oxygens (including phenoxy) is 4. The van der Waals surface area contributed by atoms with Crippen LogP contribution < -0.4 is 29.6 Å². The molecule has 0 aliphatic heterocycles. The van der Waals surface area contributed by atoms with Crippen LogP contribution in [-0.4, -0.2) is 40.1 Å². The minimum absolute atomic E-state index is 0.134. The van der Waals surface area contributed by atoms with Gasteiger partial charge in [-0.25, -0.2) is 0 Å². The molecule has 0 bridgehead atoms. The van der Waals surface area contributed by atoms with Crippen molar-refractivity contribution >= 4 is 29.1 Å². The summed E-state index contributed by atoms with van der Waals surface area (Å²) in [6.45, 7) is 1.96. The molecule has 1 amide bonds. The number of hydrogen-bond donors (Lipinski definition) is 2. The number of carbonyl (C=O) groups excluding carboxylic acids is 2. The second-order valence-corrected chi connectivity index (χ2v) is 7.89. The van der Waals surface area contributed by atoms with E-state index >= 15 is 0 Å². The molecule has 37 heavy (non-hydrogen) atoms. The number of nitrogens with one attached hydrogen (secondary N) is 2. The van der Waals surface area contributed by atoms with Gasteiger partial charge in [0.15, 0.2) is 5.78 Å². The average Bonchev–Trinajstić information content (AvgIpc) is 2.91. The van der Waals surface area contributed by atoms with Crippen molar-refractivity contribution < 1.29 is 28.5 Å². The summed E-state index contributed by atoms with van der Waals surface area (Å²) in [6, 6.07) is 15.9. The first-order valence-corrected chi connectivity index (χ1v) is 11.4. The summed E-state index contributed by atoms with van der Waals surface area (Å²) in [6.07, 6.45) is 5.96. The van der Waals surface area contributed by atoms with E-state index in [0.29, 0.717) is 45.5 Å². The van der Waals surface area contributed by atoms with Crippen molar-refractivity contribution in [3.63, 3.8) is 0 Å². The second kappa shape index (κ2) is 12.8. The van der Waals surface area contributed by atoms with Crippen molar-refractivity contribution in [1.82, 2.24) is 0 Å². The molecule has 0 spiro atoms. The molecule has 0 saturated carbocycles. The van der Waals surface area contributed by atoms with E-state index in [1.165, 1.54) is 39.7 Å². The number of amides is 1. The van der Waals surface area contributed by atoms with E-state index in [1.807, 2.05) is 19.1 Å². The Bertz CT molecular complexity index is 1290. The maximum Gasteiger partial charge on any atom is 0.248 e. The van der Waals surface area contributed by atoms with Gasteiger partial charge < -0.3 is 29.6 Å². The van der Waals surface area contributed by atoms with E-state index in [-0.39, 0.29) is 11.7 Å². The van der Waals surface area contributed by atoms with Crippen LogP contribution in [-0.2, 0) is 4.79 Å². The Morgan fingerprint density at radius 2 is 1.41 bits per heavy atom. The van der Waals surface area contributed by atoms with Crippen LogP contribution in [0, 0.1) is 6.92 Å². The first-order valence-electron chi connectivity index (χ1n) is 11.4. The Morgan fingerprint density at radius 1 is 0.757 bits per heavy atom. The number of aryl methyl sites for hydroxylation is 1. The number of carbonyl (C=O) groups is 2. The van der Waals surface area contributed by atoms with Crippen molar-refractivity contribution in [3.8, 4) is 23.0 Å². The van der Waals surface area contributed by atoms with Gasteiger partial charge in [-0.15, -0.1) is 0 Å². The minimum atomic E-state index is -0.360. The number of anilines is 2. The summed E-state index contributed by atoms with van der Waals surface area (Å²) in [5, 5.41) is 5.86. The first kappa shape index (κ1) is 26.9. The molecule has 0 aliphatic rings. The van der Waals surface area contributed by atoms with Gasteiger partial charge in [-0.05, 0) is 31.2 Å². The Morgan fingerprint density at radius 3 is 2.00 bits per heavy atom. The molecule has 3 rings (SSSR count). The van der Waals surface area contributed by atoms with Gasteiger partial charge in [0, 0.05) is 41.7 Å². The fourth-order valence-corrected chi connectivity index (χ4v) is 3.46. The van der Waals surface area contributed by atoms with Crippen LogP contribution in [0.1, 0.15) is 21.5 Å². The molecule has 0 heterocycles. The zero-order valence-electron chi connectivity index (χ0n) is 21.5. The third-order valence-corrected chi connectivity index (χ3v) is 5.43. The number of allylic oxidation sites excluding steroid dienone is 1. The average molecular weight is 503 g/mol. The second-order valence-electron chi connectivity index (χ2n) is 7.89. The Kier molecular flexibility index (Phi) is 9.32. The van der Waals surface area contributed by atoms with Gasteiger partial charge in [-0.2, -0.15) is 0 Å². The number of benzene rings is 3. The zero-order chi connectivity index (χ0) is 26.8. The highest BCUT2D eigenvalue weighted by atomic mass is 16.5. The third-order valence-electron chi connectivity index (χ3n) is 5.43. The van der Waals surface area contributed by atoms with Crippen molar-refractivity contribution in [2.75, 3.05) is 39.1 Å². The minimum Gasteiger partial charge on any atom is -0.496 e. The Labute approximate surface area is 216 Å². The molecule has 0 fully saturated rings. The van der Waals surface area contributed by atoms with Crippen LogP contribution in [0.2, 0.25) is 0 Å². The highest BCUT2D eigenvalue weighted by Crippen LogP contribution is 2.35. The summed E-state index contributed by atoms with van der Waals surface area (Å²) >= 11 is 0. The van der Waals surface area contributed by atoms with Crippen molar-refractivity contribution in [1.29, 1.82) is 0 Å². The van der Waals surface area contributed by atoms with E-state index < -0.39 is 0 Å². The summed E-state index contributed by atoms with van der Waals surface area (Å²) in [7, 11) is 6.14. The van der Waals surface area contributed by atoms with E-state index in [0.717, 1.165) is 5.56 Å². The molecular formula is C29H30N2O6. The predicted molar refractivity (Wildman–Crippen MR) is 145 cm³/mol. The van der Waals surface area contributed by atoms with Crippen LogP contribution in [0.25, 0.3) is 6.08 Å². The molecule has 3 aromatic rings. The van der Waals surface area contributed by atoms with Crippen LogP contribution in [0.3, 0.4) is 0 Å². The summed E-state index contributed by atoms with van der Waals surface area (Å²) in [4.78, 5) is 25.0. The quantitative estimate of drug-likeness (QED) is 0.264. The maximum absolute atomic E-state index is 12.6. The van der Waals surface area contributed by atoms with Gasteiger partial charge in [0.1, 0.15) is 23.0 Å². The lowest BCUT2D eigenvalue weighted by atomic mass is 10.1. The van der Waals surface area contributed by atoms with Gasteiger partial charge in [0.2, 0.25) is 5.91 Å². The Hall–Kier alpha value is -4.72.